The highest BCUT2D eigenvalue weighted by atomic mass is 31.2. The number of rotatable bonds is 5. The highest BCUT2D eigenvalue weighted by Gasteiger charge is 2.53. The Hall–Kier alpha value is 0.110. The van der Waals surface area contributed by atoms with Crippen molar-refractivity contribution in [2.75, 3.05) is 6.61 Å². The van der Waals surface area contributed by atoms with E-state index in [9.17, 15) is 4.57 Å². The molecule has 0 bridgehead atoms. The van der Waals surface area contributed by atoms with E-state index in [1.54, 1.807) is 0 Å². The molecule has 0 aromatic carbocycles. The predicted octanol–water partition coefficient (Wildman–Crippen LogP) is 5.57. The summed E-state index contributed by atoms with van der Waals surface area (Å²) in [6, 6.07) is 0. The molecule has 2 unspecified atom stereocenters. The third kappa shape index (κ3) is 5.06. The molecule has 21 heavy (non-hydrogen) atoms. The molecule has 0 radical (unpaired) electrons. The minimum absolute atomic E-state index is 0.164. The minimum atomic E-state index is -3.55. The number of hydrogen-bond donors (Lipinski definition) is 0. The first-order valence-electron chi connectivity index (χ1n) is 7.99. The Labute approximate surface area is 130 Å². The Bertz CT molecular complexity index is 401. The maximum Gasteiger partial charge on any atom is 0.475 e. The molecule has 0 spiro atoms. The third-order valence-corrected chi connectivity index (χ3v) is 6.65. The van der Waals surface area contributed by atoms with Crippen molar-refractivity contribution in [2.24, 2.45) is 11.3 Å². The summed E-state index contributed by atoms with van der Waals surface area (Å²) >= 11 is 0. The van der Waals surface area contributed by atoms with Crippen molar-refractivity contribution in [1.29, 1.82) is 0 Å². The monoisotopic (exact) mass is 320 g/mol. The topological polar surface area (TPSA) is 44.8 Å². The highest BCUT2D eigenvalue weighted by molar-refractivity contribution is 7.48. The second-order valence-electron chi connectivity index (χ2n) is 8.10. The van der Waals surface area contributed by atoms with Crippen LogP contribution >= 0.6 is 7.82 Å². The van der Waals surface area contributed by atoms with Gasteiger partial charge in [0.25, 0.3) is 0 Å². The van der Waals surface area contributed by atoms with Gasteiger partial charge < -0.3 is 0 Å². The Morgan fingerprint density at radius 3 is 2.24 bits per heavy atom. The lowest BCUT2D eigenvalue weighted by Gasteiger charge is -2.40. The lowest BCUT2D eigenvalue weighted by molar-refractivity contribution is -0.0244. The standard InChI is InChI=1S/C16H33O4P/c1-9-13(2)10-11-18-21(17)19-15(5,6)12-14(3,4)16(7,8)20-21/h13H,9-12H2,1-8H3. The molecule has 1 saturated heterocycles. The van der Waals surface area contributed by atoms with Crippen LogP contribution in [0.25, 0.3) is 0 Å². The molecule has 126 valence electrons. The first-order chi connectivity index (χ1) is 9.33. The molecule has 1 aliphatic rings. The molecule has 1 fully saturated rings. The van der Waals surface area contributed by atoms with Crippen LogP contribution in [-0.4, -0.2) is 17.8 Å². The fourth-order valence-corrected chi connectivity index (χ4v) is 4.60. The van der Waals surface area contributed by atoms with Gasteiger partial charge in [-0.2, -0.15) is 0 Å². The van der Waals surface area contributed by atoms with Gasteiger partial charge in [-0.25, -0.2) is 4.57 Å². The van der Waals surface area contributed by atoms with Crippen LogP contribution < -0.4 is 0 Å². The normalized spacial score (nSPS) is 32.4. The molecular formula is C16H33O4P. The van der Waals surface area contributed by atoms with Crippen LogP contribution in [0.15, 0.2) is 0 Å². The summed E-state index contributed by atoms with van der Waals surface area (Å²) < 4.78 is 30.2. The molecule has 1 rings (SSSR count). The first-order valence-corrected chi connectivity index (χ1v) is 9.45. The summed E-state index contributed by atoms with van der Waals surface area (Å²) in [6.07, 6.45) is 2.70. The quantitative estimate of drug-likeness (QED) is 0.621. The van der Waals surface area contributed by atoms with Crippen LogP contribution in [-0.2, 0) is 18.1 Å². The van der Waals surface area contributed by atoms with Gasteiger partial charge in [0.15, 0.2) is 0 Å². The lowest BCUT2D eigenvalue weighted by atomic mass is 9.71. The maximum absolute atomic E-state index is 13.0. The van der Waals surface area contributed by atoms with Gasteiger partial charge in [0.1, 0.15) is 0 Å². The zero-order chi connectivity index (χ0) is 16.5. The smallest absolute Gasteiger partial charge is 0.287 e. The molecule has 0 aromatic heterocycles. The molecule has 4 nitrogen and oxygen atoms in total. The van der Waals surface area contributed by atoms with Crippen molar-refractivity contribution < 1.29 is 18.1 Å². The van der Waals surface area contributed by atoms with E-state index in [1.807, 2.05) is 27.7 Å². The largest absolute Gasteiger partial charge is 0.475 e. The molecule has 0 amide bonds. The van der Waals surface area contributed by atoms with Crippen LogP contribution in [0.3, 0.4) is 0 Å². The van der Waals surface area contributed by atoms with Crippen molar-refractivity contribution in [3.63, 3.8) is 0 Å². The summed E-state index contributed by atoms with van der Waals surface area (Å²) in [5.74, 6) is 0.543. The van der Waals surface area contributed by atoms with Gasteiger partial charge in [0, 0.05) is 0 Å². The van der Waals surface area contributed by atoms with Crippen LogP contribution in [0.1, 0.15) is 74.7 Å². The molecule has 0 aliphatic carbocycles. The molecule has 0 saturated carbocycles. The van der Waals surface area contributed by atoms with E-state index >= 15 is 0 Å². The van der Waals surface area contributed by atoms with Gasteiger partial charge >= 0.3 is 7.82 Å². The summed E-state index contributed by atoms with van der Waals surface area (Å²) in [5, 5.41) is 0. The maximum atomic E-state index is 13.0. The van der Waals surface area contributed by atoms with Crippen LogP contribution in [0.5, 0.6) is 0 Å². The molecule has 1 heterocycles. The zero-order valence-electron chi connectivity index (χ0n) is 15.0. The molecule has 0 aromatic rings. The van der Waals surface area contributed by atoms with Crippen LogP contribution in [0, 0.1) is 11.3 Å². The van der Waals surface area contributed by atoms with Gasteiger partial charge in [0.05, 0.1) is 17.8 Å². The van der Waals surface area contributed by atoms with Gasteiger partial charge in [-0.1, -0.05) is 34.1 Å². The first kappa shape index (κ1) is 19.2. The van der Waals surface area contributed by atoms with Crippen LogP contribution in [0.2, 0.25) is 0 Å². The van der Waals surface area contributed by atoms with E-state index < -0.39 is 19.0 Å². The Balaban J connectivity index is 2.88. The van der Waals surface area contributed by atoms with E-state index in [0.29, 0.717) is 12.5 Å². The van der Waals surface area contributed by atoms with Gasteiger partial charge in [-0.15, -0.1) is 0 Å². The molecule has 0 N–H and O–H groups in total. The molecule has 1 aliphatic heterocycles. The van der Waals surface area contributed by atoms with Crippen molar-refractivity contribution in [3.8, 4) is 0 Å². The fourth-order valence-electron chi connectivity index (χ4n) is 2.66. The number of phosphoric acid groups is 1. The van der Waals surface area contributed by atoms with Gasteiger partial charge in [-0.3, -0.25) is 13.6 Å². The fraction of sp³-hybridized carbons (Fsp3) is 1.00. The van der Waals surface area contributed by atoms with Gasteiger partial charge in [0.2, 0.25) is 0 Å². The van der Waals surface area contributed by atoms with E-state index in [0.717, 1.165) is 19.3 Å². The molecule has 2 atom stereocenters. The lowest BCUT2D eigenvalue weighted by Crippen LogP contribution is -2.42. The number of hydrogen-bond acceptors (Lipinski definition) is 4. The zero-order valence-corrected chi connectivity index (χ0v) is 15.9. The second-order valence-corrected chi connectivity index (χ2v) is 9.61. The summed E-state index contributed by atoms with van der Waals surface area (Å²) in [6.45, 7) is 16.8. The Morgan fingerprint density at radius 2 is 1.71 bits per heavy atom. The second kappa shape index (κ2) is 6.31. The summed E-state index contributed by atoms with van der Waals surface area (Å²) in [7, 11) is -3.55. The number of phosphoric ester groups is 1. The third-order valence-electron chi connectivity index (χ3n) is 4.75. The SMILES string of the molecule is CCC(C)CCOP1(=O)OC(C)(C)CC(C)(C)C(C)(C)O1. The molecule has 5 heteroatoms. The van der Waals surface area contributed by atoms with E-state index in [4.69, 9.17) is 13.6 Å². The minimum Gasteiger partial charge on any atom is -0.287 e. The summed E-state index contributed by atoms with van der Waals surface area (Å²) in [4.78, 5) is 0. The van der Waals surface area contributed by atoms with Crippen molar-refractivity contribution >= 4 is 7.82 Å². The molecular weight excluding hydrogens is 287 g/mol. The predicted molar refractivity (Wildman–Crippen MR) is 86.4 cm³/mol. The summed E-state index contributed by atoms with van der Waals surface area (Å²) in [5.41, 5.74) is -1.28. The van der Waals surface area contributed by atoms with Gasteiger partial charge in [-0.05, 0) is 51.9 Å². The van der Waals surface area contributed by atoms with Crippen molar-refractivity contribution in [2.45, 2.75) is 85.9 Å². The van der Waals surface area contributed by atoms with Crippen molar-refractivity contribution in [3.05, 3.63) is 0 Å². The highest BCUT2D eigenvalue weighted by Crippen LogP contribution is 2.63. The average molecular weight is 320 g/mol. The Morgan fingerprint density at radius 1 is 1.14 bits per heavy atom. The van der Waals surface area contributed by atoms with Crippen molar-refractivity contribution in [1.82, 2.24) is 0 Å². The Kier molecular flexibility index (Phi) is 5.76. The average Bonchev–Trinajstić information content (AvgIpc) is 2.28. The van der Waals surface area contributed by atoms with E-state index in [2.05, 4.69) is 27.7 Å². The van der Waals surface area contributed by atoms with Crippen LogP contribution in [0.4, 0.5) is 0 Å². The van der Waals surface area contributed by atoms with E-state index in [1.165, 1.54) is 0 Å². The van der Waals surface area contributed by atoms with E-state index in [-0.39, 0.29) is 5.41 Å².